The van der Waals surface area contributed by atoms with Gasteiger partial charge in [-0.25, -0.2) is 0 Å². The topological polar surface area (TPSA) is 0 Å². The lowest BCUT2D eigenvalue weighted by atomic mass is 9.74. The first kappa shape index (κ1) is 16.1. The summed E-state index contributed by atoms with van der Waals surface area (Å²) in [5.41, 5.74) is 12.8. The monoisotopic (exact) mass is 392 g/mol. The van der Waals surface area contributed by atoms with E-state index >= 15 is 0 Å². The van der Waals surface area contributed by atoms with Crippen LogP contribution >= 0.6 is 0 Å². The first-order valence-corrected chi connectivity index (χ1v) is 11.2. The van der Waals surface area contributed by atoms with Gasteiger partial charge in [-0.3, -0.25) is 0 Å². The van der Waals surface area contributed by atoms with Crippen molar-refractivity contribution >= 4 is 32.7 Å². The van der Waals surface area contributed by atoms with Gasteiger partial charge in [0.25, 0.3) is 0 Å². The fourth-order valence-corrected chi connectivity index (χ4v) is 6.48. The second-order valence-electron chi connectivity index (χ2n) is 9.40. The highest BCUT2D eigenvalue weighted by molar-refractivity contribution is 6.17. The van der Waals surface area contributed by atoms with E-state index in [0.717, 1.165) is 0 Å². The third-order valence-electron chi connectivity index (χ3n) is 7.90. The van der Waals surface area contributed by atoms with Crippen LogP contribution in [0.25, 0.3) is 54.9 Å². The van der Waals surface area contributed by atoms with Crippen molar-refractivity contribution in [1.82, 2.24) is 0 Å². The Bertz CT molecular complexity index is 1630. The Kier molecular flexibility index (Phi) is 2.77. The highest BCUT2D eigenvalue weighted by Gasteiger charge is 2.39. The normalized spacial score (nSPS) is 21.5. The molecule has 0 aliphatic heterocycles. The molecule has 0 nitrogen and oxygen atoms in total. The van der Waals surface area contributed by atoms with Gasteiger partial charge in [0.1, 0.15) is 0 Å². The number of allylic oxidation sites excluding steroid dienone is 8. The number of benzene rings is 4. The first-order chi connectivity index (χ1) is 15.3. The van der Waals surface area contributed by atoms with E-state index < -0.39 is 0 Å². The second-order valence-corrected chi connectivity index (χ2v) is 9.40. The predicted molar refractivity (Wildman–Crippen MR) is 132 cm³/mol. The summed E-state index contributed by atoms with van der Waals surface area (Å²) in [7, 11) is 0. The van der Waals surface area contributed by atoms with Gasteiger partial charge in [-0.2, -0.15) is 0 Å². The van der Waals surface area contributed by atoms with Crippen LogP contribution in [0.1, 0.15) is 18.1 Å². The summed E-state index contributed by atoms with van der Waals surface area (Å²) in [6.45, 7) is 2.27. The van der Waals surface area contributed by atoms with Crippen molar-refractivity contribution < 1.29 is 0 Å². The molecule has 4 aliphatic carbocycles. The summed E-state index contributed by atoms with van der Waals surface area (Å²) < 4.78 is 0. The lowest BCUT2D eigenvalue weighted by Crippen LogP contribution is -2.17. The van der Waals surface area contributed by atoms with Crippen molar-refractivity contribution in [2.24, 2.45) is 11.8 Å². The largest absolute Gasteiger partial charge is 0.0764 e. The van der Waals surface area contributed by atoms with E-state index in [1.54, 1.807) is 0 Å². The molecule has 2 unspecified atom stereocenters. The molecule has 0 radical (unpaired) electrons. The summed E-state index contributed by atoms with van der Waals surface area (Å²) in [6, 6.07) is 23.2. The molecule has 0 saturated carbocycles. The van der Waals surface area contributed by atoms with E-state index in [1.807, 2.05) is 0 Å². The fraction of sp³-hybridized carbons (Fsp3) is 0.0968. The minimum atomic E-state index is 0.489. The molecule has 0 N–H and O–H groups in total. The molecule has 4 aromatic carbocycles. The molecule has 4 aliphatic rings. The zero-order valence-electron chi connectivity index (χ0n) is 17.3. The summed E-state index contributed by atoms with van der Waals surface area (Å²) in [5, 5.41) is 5.43. The molecular formula is C31H20. The van der Waals surface area contributed by atoms with Crippen molar-refractivity contribution in [3.8, 4) is 22.3 Å². The molecule has 0 heteroatoms. The van der Waals surface area contributed by atoms with E-state index in [9.17, 15) is 0 Å². The SMILES string of the molecule is CC1=CC=C2c3cc4cc5c(cc4cc3C3=CC=CC1C32)-c1cccc2cccc-5c12. The van der Waals surface area contributed by atoms with Gasteiger partial charge < -0.3 is 0 Å². The van der Waals surface area contributed by atoms with Crippen LogP contribution in [-0.4, -0.2) is 0 Å². The smallest absolute Gasteiger partial charge is 0.0202 e. The van der Waals surface area contributed by atoms with Crippen LogP contribution in [0.15, 0.2) is 96.6 Å². The molecule has 8 rings (SSSR count). The Labute approximate surface area is 181 Å². The highest BCUT2D eigenvalue weighted by Crippen LogP contribution is 2.56. The Morgan fingerprint density at radius 1 is 0.581 bits per heavy atom. The molecule has 0 aromatic heterocycles. The molecule has 31 heavy (non-hydrogen) atoms. The van der Waals surface area contributed by atoms with Gasteiger partial charge >= 0.3 is 0 Å². The maximum atomic E-state index is 2.45. The number of hydrogen-bond donors (Lipinski definition) is 0. The highest BCUT2D eigenvalue weighted by atomic mass is 14.4. The van der Waals surface area contributed by atoms with Gasteiger partial charge in [0.15, 0.2) is 0 Å². The molecule has 144 valence electrons. The van der Waals surface area contributed by atoms with Crippen LogP contribution in [0.5, 0.6) is 0 Å². The zero-order chi connectivity index (χ0) is 20.3. The second kappa shape index (κ2) is 5.34. The lowest BCUT2D eigenvalue weighted by molar-refractivity contribution is 0.665. The molecule has 0 fully saturated rings. The summed E-state index contributed by atoms with van der Waals surface area (Å²) in [4.78, 5) is 0. The first-order valence-electron chi connectivity index (χ1n) is 11.2. The van der Waals surface area contributed by atoms with Crippen molar-refractivity contribution in [2.75, 3.05) is 0 Å². The standard InChI is InChI=1S/C31H20/c1-17-11-12-25-29-16-20-14-27-23-9-3-6-18-5-2-8-22(30(18)23)26(27)13-19(20)15-28(29)24-10-4-7-21(17)31(24)25/h2-16,21,31H,1H3. The molecular weight excluding hydrogens is 372 g/mol. The summed E-state index contributed by atoms with van der Waals surface area (Å²) in [6.07, 6.45) is 11.7. The van der Waals surface area contributed by atoms with Crippen LogP contribution < -0.4 is 0 Å². The summed E-state index contributed by atoms with van der Waals surface area (Å²) >= 11 is 0. The number of rotatable bonds is 0. The quantitative estimate of drug-likeness (QED) is 0.249. The zero-order valence-corrected chi connectivity index (χ0v) is 17.3. The minimum absolute atomic E-state index is 0.489. The van der Waals surface area contributed by atoms with Gasteiger partial charge in [-0.15, -0.1) is 0 Å². The van der Waals surface area contributed by atoms with Crippen LogP contribution in [0.4, 0.5) is 0 Å². The van der Waals surface area contributed by atoms with Gasteiger partial charge in [0.05, 0.1) is 0 Å². The average molecular weight is 393 g/mol. The Morgan fingerprint density at radius 2 is 1.19 bits per heavy atom. The third kappa shape index (κ3) is 1.87. The maximum absolute atomic E-state index is 2.45. The summed E-state index contributed by atoms with van der Waals surface area (Å²) in [5.74, 6) is 0.994. The van der Waals surface area contributed by atoms with Crippen molar-refractivity contribution in [1.29, 1.82) is 0 Å². The van der Waals surface area contributed by atoms with Gasteiger partial charge in [-0.1, -0.05) is 72.4 Å². The molecule has 0 spiro atoms. The predicted octanol–water partition coefficient (Wildman–Crippen LogP) is 8.18. The molecule has 0 amide bonds. The van der Waals surface area contributed by atoms with Crippen LogP contribution in [-0.2, 0) is 0 Å². The van der Waals surface area contributed by atoms with E-state index in [2.05, 4.69) is 98.0 Å². The molecule has 0 bridgehead atoms. The van der Waals surface area contributed by atoms with Crippen molar-refractivity contribution in [3.63, 3.8) is 0 Å². The van der Waals surface area contributed by atoms with Gasteiger partial charge in [0, 0.05) is 11.8 Å². The van der Waals surface area contributed by atoms with E-state index in [0.29, 0.717) is 11.8 Å². The fourth-order valence-electron chi connectivity index (χ4n) is 6.48. The minimum Gasteiger partial charge on any atom is -0.0764 e. The molecule has 4 aromatic rings. The maximum Gasteiger partial charge on any atom is 0.0202 e. The lowest BCUT2D eigenvalue weighted by Gasteiger charge is -2.29. The molecule has 0 saturated heterocycles. The Morgan fingerprint density at radius 3 is 1.87 bits per heavy atom. The van der Waals surface area contributed by atoms with Crippen LogP contribution in [0, 0.1) is 11.8 Å². The average Bonchev–Trinajstić information content (AvgIpc) is 3.29. The van der Waals surface area contributed by atoms with Gasteiger partial charge in [0.2, 0.25) is 0 Å². The van der Waals surface area contributed by atoms with E-state index in [1.165, 1.54) is 71.6 Å². The Hall–Kier alpha value is -3.64. The Balaban J connectivity index is 1.43. The number of fused-ring (bicyclic) bond motifs is 7. The van der Waals surface area contributed by atoms with Crippen molar-refractivity contribution in [2.45, 2.75) is 6.92 Å². The van der Waals surface area contributed by atoms with Gasteiger partial charge in [-0.05, 0) is 97.3 Å². The molecule has 0 heterocycles. The van der Waals surface area contributed by atoms with Crippen LogP contribution in [0.2, 0.25) is 0 Å². The number of hydrogen-bond acceptors (Lipinski definition) is 0. The van der Waals surface area contributed by atoms with E-state index in [4.69, 9.17) is 0 Å². The van der Waals surface area contributed by atoms with E-state index in [-0.39, 0.29) is 0 Å². The van der Waals surface area contributed by atoms with Crippen LogP contribution in [0.3, 0.4) is 0 Å². The molecule has 2 atom stereocenters. The van der Waals surface area contributed by atoms with Crippen molar-refractivity contribution in [3.05, 3.63) is 108 Å². The third-order valence-corrected chi connectivity index (χ3v) is 7.90.